The SMILES string of the molecule is Cc1cccc(C(=O)N2CC(N3CCNCC3)C2)n1. The summed E-state index contributed by atoms with van der Waals surface area (Å²) in [4.78, 5) is 20.9. The second-order valence-electron chi connectivity index (χ2n) is 5.31. The van der Waals surface area contributed by atoms with E-state index in [2.05, 4.69) is 15.2 Å². The van der Waals surface area contributed by atoms with E-state index in [9.17, 15) is 4.79 Å². The number of hydrogen-bond acceptors (Lipinski definition) is 4. The number of piperazine rings is 1. The van der Waals surface area contributed by atoms with Crippen molar-refractivity contribution in [2.45, 2.75) is 13.0 Å². The molecule has 0 aliphatic carbocycles. The third kappa shape index (κ3) is 2.62. The molecule has 2 aliphatic heterocycles. The molecule has 5 heteroatoms. The van der Waals surface area contributed by atoms with Crippen LogP contribution in [0.4, 0.5) is 0 Å². The van der Waals surface area contributed by atoms with Crippen LogP contribution in [0.25, 0.3) is 0 Å². The predicted molar refractivity (Wildman–Crippen MR) is 73.1 cm³/mol. The highest BCUT2D eigenvalue weighted by atomic mass is 16.2. The standard InChI is InChI=1S/C14H20N4O/c1-11-3-2-4-13(16-11)14(19)18-9-12(10-18)17-7-5-15-6-8-17/h2-4,12,15H,5-10H2,1H3. The summed E-state index contributed by atoms with van der Waals surface area (Å²) in [5.41, 5.74) is 1.46. The van der Waals surface area contributed by atoms with Gasteiger partial charge in [0.05, 0.1) is 0 Å². The van der Waals surface area contributed by atoms with Gasteiger partial charge in [-0.1, -0.05) is 6.07 Å². The second kappa shape index (κ2) is 5.27. The van der Waals surface area contributed by atoms with Gasteiger partial charge in [-0.15, -0.1) is 0 Å². The smallest absolute Gasteiger partial charge is 0.272 e. The summed E-state index contributed by atoms with van der Waals surface area (Å²) in [7, 11) is 0. The van der Waals surface area contributed by atoms with Gasteiger partial charge in [-0.2, -0.15) is 0 Å². The van der Waals surface area contributed by atoms with Crippen LogP contribution in [0.5, 0.6) is 0 Å². The van der Waals surface area contributed by atoms with Crippen molar-refractivity contribution in [1.29, 1.82) is 0 Å². The lowest BCUT2D eigenvalue weighted by Gasteiger charge is -2.46. The van der Waals surface area contributed by atoms with E-state index in [1.54, 1.807) is 6.07 Å². The molecule has 2 aliphatic rings. The molecule has 1 aromatic rings. The number of likely N-dealkylation sites (tertiary alicyclic amines) is 1. The van der Waals surface area contributed by atoms with E-state index in [4.69, 9.17) is 0 Å². The first-order chi connectivity index (χ1) is 9.24. The molecule has 5 nitrogen and oxygen atoms in total. The minimum absolute atomic E-state index is 0.0649. The molecule has 2 fully saturated rings. The first-order valence-corrected chi connectivity index (χ1v) is 6.92. The van der Waals surface area contributed by atoms with Crippen molar-refractivity contribution in [1.82, 2.24) is 20.1 Å². The molecular formula is C14H20N4O. The van der Waals surface area contributed by atoms with Crippen LogP contribution < -0.4 is 5.32 Å². The van der Waals surface area contributed by atoms with Gasteiger partial charge in [0.2, 0.25) is 0 Å². The zero-order chi connectivity index (χ0) is 13.2. The van der Waals surface area contributed by atoms with E-state index < -0.39 is 0 Å². The Hall–Kier alpha value is -1.46. The molecule has 3 heterocycles. The van der Waals surface area contributed by atoms with Crippen LogP contribution in [0.3, 0.4) is 0 Å². The average Bonchev–Trinajstić information content (AvgIpc) is 2.38. The van der Waals surface area contributed by atoms with Gasteiger partial charge in [0.25, 0.3) is 5.91 Å². The molecule has 3 rings (SSSR count). The molecule has 0 unspecified atom stereocenters. The molecule has 2 saturated heterocycles. The van der Waals surface area contributed by atoms with Crippen molar-refractivity contribution in [2.24, 2.45) is 0 Å². The highest BCUT2D eigenvalue weighted by Gasteiger charge is 2.35. The van der Waals surface area contributed by atoms with Crippen molar-refractivity contribution < 1.29 is 4.79 Å². The second-order valence-corrected chi connectivity index (χ2v) is 5.31. The minimum atomic E-state index is 0.0649. The van der Waals surface area contributed by atoms with Crippen molar-refractivity contribution >= 4 is 5.91 Å². The molecule has 0 radical (unpaired) electrons. The van der Waals surface area contributed by atoms with Crippen LogP contribution in [0.2, 0.25) is 0 Å². The quantitative estimate of drug-likeness (QED) is 0.820. The number of amides is 1. The molecule has 0 aromatic carbocycles. The summed E-state index contributed by atoms with van der Waals surface area (Å²) < 4.78 is 0. The number of carbonyl (C=O) groups is 1. The Morgan fingerprint density at radius 2 is 2.05 bits per heavy atom. The van der Waals surface area contributed by atoms with Crippen LogP contribution in [-0.4, -0.2) is 66.0 Å². The predicted octanol–water partition coefficient (Wildman–Crippen LogP) is 0.120. The van der Waals surface area contributed by atoms with E-state index in [0.29, 0.717) is 11.7 Å². The summed E-state index contributed by atoms with van der Waals surface area (Å²) in [5.74, 6) is 0.0649. The largest absolute Gasteiger partial charge is 0.334 e. The van der Waals surface area contributed by atoms with E-state index >= 15 is 0 Å². The van der Waals surface area contributed by atoms with Gasteiger partial charge < -0.3 is 10.2 Å². The van der Waals surface area contributed by atoms with E-state index in [-0.39, 0.29) is 5.91 Å². The summed E-state index contributed by atoms with van der Waals surface area (Å²) in [6, 6.07) is 6.14. The molecule has 1 aromatic heterocycles. The van der Waals surface area contributed by atoms with Crippen molar-refractivity contribution in [2.75, 3.05) is 39.3 Å². The minimum Gasteiger partial charge on any atom is -0.334 e. The monoisotopic (exact) mass is 260 g/mol. The van der Waals surface area contributed by atoms with Crippen LogP contribution in [0.1, 0.15) is 16.2 Å². The molecule has 0 spiro atoms. The number of nitrogens with one attached hydrogen (secondary N) is 1. The Bertz CT molecular complexity index is 464. The van der Waals surface area contributed by atoms with Crippen LogP contribution in [0.15, 0.2) is 18.2 Å². The Balaban J connectivity index is 1.56. The summed E-state index contributed by atoms with van der Waals surface area (Å²) in [5, 5.41) is 3.35. The maximum Gasteiger partial charge on any atom is 0.272 e. The van der Waals surface area contributed by atoms with Crippen molar-refractivity contribution in [3.63, 3.8) is 0 Å². The maximum atomic E-state index is 12.2. The number of carbonyl (C=O) groups excluding carboxylic acids is 1. The van der Waals surface area contributed by atoms with E-state index in [0.717, 1.165) is 45.0 Å². The maximum absolute atomic E-state index is 12.2. The van der Waals surface area contributed by atoms with Gasteiger partial charge >= 0.3 is 0 Å². The topological polar surface area (TPSA) is 48.5 Å². The third-order valence-corrected chi connectivity index (χ3v) is 3.92. The Morgan fingerprint density at radius 3 is 2.74 bits per heavy atom. The van der Waals surface area contributed by atoms with Crippen molar-refractivity contribution in [3.8, 4) is 0 Å². The molecule has 1 amide bonds. The average molecular weight is 260 g/mol. The molecule has 0 saturated carbocycles. The molecule has 1 N–H and O–H groups in total. The fourth-order valence-electron chi connectivity index (χ4n) is 2.72. The van der Waals surface area contributed by atoms with Crippen LogP contribution >= 0.6 is 0 Å². The summed E-state index contributed by atoms with van der Waals surface area (Å²) in [6.07, 6.45) is 0. The lowest BCUT2D eigenvalue weighted by Crippen LogP contribution is -2.63. The summed E-state index contributed by atoms with van der Waals surface area (Å²) in [6.45, 7) is 7.90. The Kier molecular flexibility index (Phi) is 3.48. The van der Waals surface area contributed by atoms with Gasteiger partial charge in [0, 0.05) is 51.0 Å². The molecular weight excluding hydrogens is 240 g/mol. The molecule has 19 heavy (non-hydrogen) atoms. The third-order valence-electron chi connectivity index (χ3n) is 3.92. The fourth-order valence-corrected chi connectivity index (χ4v) is 2.72. The fraction of sp³-hybridized carbons (Fsp3) is 0.571. The highest BCUT2D eigenvalue weighted by molar-refractivity contribution is 5.93. The highest BCUT2D eigenvalue weighted by Crippen LogP contribution is 2.17. The first-order valence-electron chi connectivity index (χ1n) is 6.92. The van der Waals surface area contributed by atoms with Gasteiger partial charge in [-0.25, -0.2) is 4.98 Å². The molecule has 0 atom stereocenters. The first kappa shape index (κ1) is 12.6. The van der Waals surface area contributed by atoms with Gasteiger partial charge in [-0.05, 0) is 19.1 Å². The number of hydrogen-bond donors (Lipinski definition) is 1. The van der Waals surface area contributed by atoms with E-state index in [1.165, 1.54) is 0 Å². The number of aromatic nitrogens is 1. The zero-order valence-electron chi connectivity index (χ0n) is 11.3. The van der Waals surface area contributed by atoms with Crippen LogP contribution in [0, 0.1) is 6.92 Å². The lowest BCUT2D eigenvalue weighted by molar-refractivity contribution is 0.0222. The lowest BCUT2D eigenvalue weighted by atomic mass is 10.1. The Morgan fingerprint density at radius 1 is 1.32 bits per heavy atom. The van der Waals surface area contributed by atoms with E-state index in [1.807, 2.05) is 24.0 Å². The number of aryl methyl sites for hydroxylation is 1. The van der Waals surface area contributed by atoms with Crippen molar-refractivity contribution in [3.05, 3.63) is 29.6 Å². The normalized spacial score (nSPS) is 21.2. The number of pyridine rings is 1. The Labute approximate surface area is 113 Å². The summed E-state index contributed by atoms with van der Waals surface area (Å²) >= 11 is 0. The number of rotatable bonds is 2. The number of nitrogens with zero attached hydrogens (tertiary/aromatic N) is 3. The van der Waals surface area contributed by atoms with Crippen LogP contribution in [-0.2, 0) is 0 Å². The van der Waals surface area contributed by atoms with Gasteiger partial charge in [0.15, 0.2) is 0 Å². The van der Waals surface area contributed by atoms with Gasteiger partial charge in [0.1, 0.15) is 5.69 Å². The zero-order valence-corrected chi connectivity index (χ0v) is 11.3. The molecule has 0 bridgehead atoms. The molecule has 102 valence electrons. The van der Waals surface area contributed by atoms with Gasteiger partial charge in [-0.3, -0.25) is 9.69 Å².